The van der Waals surface area contributed by atoms with Gasteiger partial charge in [-0.05, 0) is 23.8 Å². The summed E-state index contributed by atoms with van der Waals surface area (Å²) < 4.78 is 16.7. The minimum absolute atomic E-state index is 0.144. The van der Waals surface area contributed by atoms with Crippen molar-refractivity contribution in [2.75, 3.05) is 18.3 Å². The van der Waals surface area contributed by atoms with Crippen molar-refractivity contribution in [1.82, 2.24) is 0 Å². The average molecular weight is 238 g/mol. The van der Waals surface area contributed by atoms with E-state index in [4.69, 9.17) is 10.5 Å². The van der Waals surface area contributed by atoms with Crippen LogP contribution in [0.4, 0.5) is 10.1 Å². The number of ether oxygens (including phenoxy) is 1. The molecule has 0 bridgehead atoms. The van der Waals surface area contributed by atoms with Crippen molar-refractivity contribution < 1.29 is 18.7 Å². The van der Waals surface area contributed by atoms with E-state index >= 15 is 0 Å². The molecule has 0 aromatic heterocycles. The van der Waals surface area contributed by atoms with Gasteiger partial charge in [0.05, 0.1) is 6.42 Å². The number of rotatable bonds is 4. The summed E-state index contributed by atoms with van der Waals surface area (Å²) in [6, 6.07) is 4.76. The zero-order valence-corrected chi connectivity index (χ0v) is 8.98. The number of primary amides is 1. The lowest BCUT2D eigenvalue weighted by atomic mass is 10.1. The maximum atomic E-state index is 12.0. The third kappa shape index (κ3) is 2.20. The molecule has 0 saturated heterocycles. The summed E-state index contributed by atoms with van der Waals surface area (Å²) in [6.07, 6.45) is 0.173. The number of hydrogen-bond donors (Lipinski definition) is 1. The average Bonchev–Trinajstić information content (AvgIpc) is 2.55. The second-order valence-electron chi connectivity index (χ2n) is 3.67. The first-order chi connectivity index (χ1) is 8.11. The van der Waals surface area contributed by atoms with Gasteiger partial charge in [0.1, 0.15) is 12.3 Å². The molecule has 90 valence electrons. The van der Waals surface area contributed by atoms with Gasteiger partial charge in [-0.15, -0.1) is 0 Å². The minimum Gasteiger partial charge on any atom is -0.463 e. The van der Waals surface area contributed by atoms with Crippen LogP contribution < -0.4 is 15.4 Å². The number of hydrogen-bond acceptors (Lipinski definition) is 3. The number of nitrogens with zero attached hydrogens (tertiary/aromatic N) is 1. The molecule has 2 rings (SSSR count). The molecule has 5 nitrogen and oxygen atoms in total. The van der Waals surface area contributed by atoms with Gasteiger partial charge in [-0.2, -0.15) is 0 Å². The first-order valence-electron chi connectivity index (χ1n) is 5.02. The van der Waals surface area contributed by atoms with E-state index in [1.807, 2.05) is 0 Å². The van der Waals surface area contributed by atoms with Gasteiger partial charge in [-0.1, -0.05) is 0 Å². The van der Waals surface area contributed by atoms with E-state index in [9.17, 15) is 14.0 Å². The van der Waals surface area contributed by atoms with Gasteiger partial charge in [-0.3, -0.25) is 9.59 Å². The van der Waals surface area contributed by atoms with Crippen LogP contribution in [-0.4, -0.2) is 25.2 Å². The van der Waals surface area contributed by atoms with Gasteiger partial charge >= 0.3 is 0 Å². The molecule has 0 spiro atoms. The molecular weight excluding hydrogens is 227 g/mol. The van der Waals surface area contributed by atoms with E-state index in [2.05, 4.69) is 0 Å². The van der Waals surface area contributed by atoms with Crippen molar-refractivity contribution >= 4 is 17.5 Å². The molecule has 2 amide bonds. The monoisotopic (exact) mass is 238 g/mol. The Labute approximate surface area is 97.0 Å². The number of fused-ring (bicyclic) bond motifs is 1. The lowest BCUT2D eigenvalue weighted by molar-refractivity contribution is -0.121. The van der Waals surface area contributed by atoms with Crippen LogP contribution >= 0.6 is 0 Å². The molecule has 0 radical (unpaired) electrons. The maximum Gasteiger partial charge on any atom is 0.237 e. The summed E-state index contributed by atoms with van der Waals surface area (Å²) in [5, 5.41) is 0. The summed E-state index contributed by atoms with van der Waals surface area (Å²) >= 11 is 0. The Balaban J connectivity index is 2.28. The van der Waals surface area contributed by atoms with Gasteiger partial charge < -0.3 is 15.4 Å². The van der Waals surface area contributed by atoms with Crippen molar-refractivity contribution in [2.45, 2.75) is 6.42 Å². The Kier molecular flexibility index (Phi) is 2.95. The number of anilines is 1. The molecule has 0 saturated carbocycles. The van der Waals surface area contributed by atoms with Gasteiger partial charge in [0.25, 0.3) is 0 Å². The van der Waals surface area contributed by atoms with Gasteiger partial charge in [0.15, 0.2) is 0 Å². The Morgan fingerprint density at radius 1 is 1.53 bits per heavy atom. The van der Waals surface area contributed by atoms with Crippen LogP contribution in [0.1, 0.15) is 5.56 Å². The smallest absolute Gasteiger partial charge is 0.237 e. The van der Waals surface area contributed by atoms with Crippen LogP contribution in [-0.2, 0) is 16.0 Å². The number of carbonyl (C=O) groups is 2. The fraction of sp³-hybridized carbons (Fsp3) is 0.273. The fourth-order valence-corrected chi connectivity index (χ4v) is 1.84. The van der Waals surface area contributed by atoms with E-state index in [1.54, 1.807) is 18.2 Å². The second kappa shape index (κ2) is 4.40. The zero-order chi connectivity index (χ0) is 12.4. The molecule has 1 aliphatic rings. The normalized spacial score (nSPS) is 13.7. The maximum absolute atomic E-state index is 12.0. The minimum atomic E-state index is -0.919. The number of benzene rings is 1. The molecule has 2 N–H and O–H groups in total. The van der Waals surface area contributed by atoms with Crippen LogP contribution in [0, 0.1) is 0 Å². The van der Waals surface area contributed by atoms with Crippen LogP contribution in [0.3, 0.4) is 0 Å². The van der Waals surface area contributed by atoms with Gasteiger partial charge in [0.2, 0.25) is 18.7 Å². The van der Waals surface area contributed by atoms with Crippen molar-refractivity contribution in [1.29, 1.82) is 0 Å². The molecular formula is C11H11FN2O3. The van der Waals surface area contributed by atoms with Gasteiger partial charge in [-0.25, -0.2) is 4.39 Å². The van der Waals surface area contributed by atoms with Crippen LogP contribution in [0.5, 0.6) is 5.75 Å². The zero-order valence-electron chi connectivity index (χ0n) is 8.98. The Morgan fingerprint density at radius 3 is 2.94 bits per heavy atom. The molecule has 17 heavy (non-hydrogen) atoms. The van der Waals surface area contributed by atoms with Crippen LogP contribution in [0.2, 0.25) is 0 Å². The van der Waals surface area contributed by atoms with E-state index in [-0.39, 0.29) is 18.9 Å². The number of alkyl halides is 1. The third-order valence-corrected chi connectivity index (χ3v) is 2.52. The van der Waals surface area contributed by atoms with Crippen molar-refractivity contribution in [2.24, 2.45) is 5.73 Å². The first-order valence-corrected chi connectivity index (χ1v) is 5.02. The van der Waals surface area contributed by atoms with Crippen molar-refractivity contribution in [3.8, 4) is 5.75 Å². The highest BCUT2D eigenvalue weighted by Gasteiger charge is 2.28. The number of carbonyl (C=O) groups excluding carboxylic acids is 2. The number of nitrogens with two attached hydrogens (primary N) is 1. The highest BCUT2D eigenvalue weighted by molar-refractivity contribution is 6.04. The SMILES string of the molecule is NC(=O)CN1C(=O)Cc2cc(OCF)ccc21. The summed E-state index contributed by atoms with van der Waals surface area (Å²) in [6.45, 7) is -1.06. The molecule has 0 unspecified atom stereocenters. The molecule has 6 heteroatoms. The van der Waals surface area contributed by atoms with E-state index in [0.29, 0.717) is 17.0 Å². The fourth-order valence-electron chi connectivity index (χ4n) is 1.84. The standard InChI is InChI=1S/C11H11FN2O3/c12-6-17-8-1-2-9-7(3-8)4-11(16)14(9)5-10(13)15/h1-3H,4-6H2,(H2,13,15). The van der Waals surface area contributed by atoms with E-state index in [1.165, 1.54) is 4.90 Å². The summed E-state index contributed by atoms with van der Waals surface area (Å²) in [5.41, 5.74) is 6.40. The molecule has 1 heterocycles. The molecule has 1 aromatic carbocycles. The second-order valence-corrected chi connectivity index (χ2v) is 3.67. The predicted octanol–water partition coefficient (Wildman–Crippen LogP) is 0.367. The van der Waals surface area contributed by atoms with Crippen LogP contribution in [0.25, 0.3) is 0 Å². The first kappa shape index (κ1) is 11.4. The Bertz CT molecular complexity index is 476. The van der Waals surface area contributed by atoms with Crippen molar-refractivity contribution in [3.05, 3.63) is 23.8 Å². The van der Waals surface area contributed by atoms with Crippen molar-refractivity contribution in [3.63, 3.8) is 0 Å². The van der Waals surface area contributed by atoms with E-state index < -0.39 is 12.8 Å². The molecule has 1 aromatic rings. The Morgan fingerprint density at radius 2 is 2.29 bits per heavy atom. The lowest BCUT2D eigenvalue weighted by Gasteiger charge is -2.15. The quantitative estimate of drug-likeness (QED) is 0.823. The van der Waals surface area contributed by atoms with Gasteiger partial charge in [0, 0.05) is 5.69 Å². The highest BCUT2D eigenvalue weighted by atomic mass is 19.1. The number of halogens is 1. The third-order valence-electron chi connectivity index (χ3n) is 2.52. The summed E-state index contributed by atoms with van der Waals surface area (Å²) in [4.78, 5) is 23.8. The highest BCUT2D eigenvalue weighted by Crippen LogP contribution is 2.31. The topological polar surface area (TPSA) is 72.6 Å². The molecule has 0 atom stereocenters. The predicted molar refractivity (Wildman–Crippen MR) is 58.3 cm³/mol. The van der Waals surface area contributed by atoms with Crippen LogP contribution in [0.15, 0.2) is 18.2 Å². The lowest BCUT2D eigenvalue weighted by Crippen LogP contribution is -2.35. The molecule has 1 aliphatic heterocycles. The molecule has 0 aliphatic carbocycles. The summed E-state index contributed by atoms with van der Waals surface area (Å²) in [7, 11) is 0. The number of amides is 2. The molecule has 0 fully saturated rings. The Hall–Kier alpha value is -2.11. The van der Waals surface area contributed by atoms with E-state index in [0.717, 1.165) is 0 Å². The largest absolute Gasteiger partial charge is 0.463 e. The summed E-state index contributed by atoms with van der Waals surface area (Å²) in [5.74, 6) is -0.411.